The Morgan fingerprint density at radius 2 is 2.17 bits per heavy atom. The molecule has 5 nitrogen and oxygen atoms in total. The van der Waals surface area contributed by atoms with Crippen LogP contribution in [0, 0.1) is 0 Å². The van der Waals surface area contributed by atoms with Crippen LogP contribution in [-0.4, -0.2) is 40.4 Å². The molecule has 1 aliphatic heterocycles. The highest BCUT2D eigenvalue weighted by Crippen LogP contribution is 2.40. The topological polar surface area (TPSA) is 42.7 Å². The van der Waals surface area contributed by atoms with Crippen molar-refractivity contribution in [3.05, 3.63) is 11.9 Å². The van der Waals surface area contributed by atoms with Gasteiger partial charge in [-0.15, -0.1) is 5.10 Å². The molecule has 0 saturated carbocycles. The van der Waals surface area contributed by atoms with E-state index in [1.807, 2.05) is 4.52 Å². The molecule has 1 saturated heterocycles. The van der Waals surface area contributed by atoms with Crippen molar-refractivity contribution < 1.29 is 4.74 Å². The highest BCUT2D eigenvalue weighted by Gasteiger charge is 2.42. The maximum absolute atomic E-state index is 5.57. The second-order valence-electron chi connectivity index (χ2n) is 7.65. The Morgan fingerprint density at radius 1 is 1.39 bits per heavy atom. The van der Waals surface area contributed by atoms with Gasteiger partial charge in [0.05, 0.1) is 24.0 Å². The summed E-state index contributed by atoms with van der Waals surface area (Å²) in [6.45, 7) is 10.6. The average molecular weight is 337 g/mol. The number of anilines is 1. The van der Waals surface area contributed by atoms with Crippen molar-refractivity contribution >= 4 is 21.4 Å². The van der Waals surface area contributed by atoms with Crippen molar-refractivity contribution in [2.75, 3.05) is 25.2 Å². The van der Waals surface area contributed by atoms with Crippen LogP contribution in [0.25, 0.3) is 4.96 Å². The Morgan fingerprint density at radius 3 is 2.78 bits per heavy atom. The lowest BCUT2D eigenvalue weighted by Gasteiger charge is -2.37. The summed E-state index contributed by atoms with van der Waals surface area (Å²) >= 11 is 1.70. The fourth-order valence-corrected chi connectivity index (χ4v) is 4.63. The van der Waals surface area contributed by atoms with Crippen LogP contribution < -0.4 is 4.90 Å². The summed E-state index contributed by atoms with van der Waals surface area (Å²) < 4.78 is 7.51. The third-order valence-electron chi connectivity index (χ3n) is 4.76. The van der Waals surface area contributed by atoms with E-state index in [2.05, 4.69) is 38.8 Å². The van der Waals surface area contributed by atoms with E-state index in [9.17, 15) is 0 Å². The smallest absolute Gasteiger partial charge is 0.214 e. The third-order valence-corrected chi connectivity index (χ3v) is 5.70. The Bertz CT molecular complexity index is 632. The maximum atomic E-state index is 5.57. The number of fused-ring (bicyclic) bond motifs is 1. The zero-order valence-corrected chi connectivity index (χ0v) is 15.7. The van der Waals surface area contributed by atoms with Gasteiger partial charge in [-0.1, -0.05) is 45.5 Å². The van der Waals surface area contributed by atoms with Gasteiger partial charge in [0.2, 0.25) is 10.1 Å². The van der Waals surface area contributed by atoms with Crippen LogP contribution in [0.3, 0.4) is 0 Å². The van der Waals surface area contributed by atoms with E-state index >= 15 is 0 Å². The molecule has 3 heterocycles. The highest BCUT2D eigenvalue weighted by atomic mass is 32.1. The summed E-state index contributed by atoms with van der Waals surface area (Å²) in [4.78, 5) is 8.23. The largest absolute Gasteiger partial charge is 0.382 e. The molecule has 1 fully saturated rings. The lowest BCUT2D eigenvalue weighted by Crippen LogP contribution is -2.47. The van der Waals surface area contributed by atoms with Gasteiger partial charge in [-0.3, -0.25) is 0 Å². The van der Waals surface area contributed by atoms with Crippen molar-refractivity contribution in [1.29, 1.82) is 0 Å². The number of methoxy groups -OCH3 is 1. The van der Waals surface area contributed by atoms with Crippen LogP contribution >= 0.6 is 11.3 Å². The lowest BCUT2D eigenvalue weighted by atomic mass is 9.92. The molecule has 0 spiro atoms. The molecule has 128 valence electrons. The molecule has 1 unspecified atom stereocenters. The SMILES string of the molecule is CCCC1(COC)CCCN1c1nn2cc(C(C)(C)C)nc2s1. The third kappa shape index (κ3) is 2.98. The van der Waals surface area contributed by atoms with Gasteiger partial charge in [0.15, 0.2) is 0 Å². The minimum atomic E-state index is 0.0588. The zero-order valence-electron chi connectivity index (χ0n) is 14.9. The quantitative estimate of drug-likeness (QED) is 0.831. The molecule has 23 heavy (non-hydrogen) atoms. The van der Waals surface area contributed by atoms with Gasteiger partial charge in [0.25, 0.3) is 0 Å². The van der Waals surface area contributed by atoms with Crippen LogP contribution in [0.1, 0.15) is 59.1 Å². The van der Waals surface area contributed by atoms with Gasteiger partial charge in [-0.05, 0) is 19.3 Å². The van der Waals surface area contributed by atoms with E-state index in [-0.39, 0.29) is 11.0 Å². The summed E-state index contributed by atoms with van der Waals surface area (Å²) in [5.41, 5.74) is 1.26. The summed E-state index contributed by atoms with van der Waals surface area (Å²) in [6, 6.07) is 0. The van der Waals surface area contributed by atoms with E-state index in [1.54, 1.807) is 18.4 Å². The molecular formula is C17H28N4OS. The normalized spacial score (nSPS) is 22.4. The average Bonchev–Trinajstić information content (AvgIpc) is 3.10. The summed E-state index contributed by atoms with van der Waals surface area (Å²) in [5.74, 6) is 0. The molecule has 1 aliphatic rings. The van der Waals surface area contributed by atoms with Crippen molar-refractivity contribution in [2.45, 2.75) is 64.3 Å². The van der Waals surface area contributed by atoms with E-state index < -0.39 is 0 Å². The predicted molar refractivity (Wildman–Crippen MR) is 95.7 cm³/mol. The molecule has 0 aromatic carbocycles. The predicted octanol–water partition coefficient (Wildman–Crippen LogP) is 3.87. The molecule has 2 aromatic rings. The number of rotatable bonds is 5. The lowest BCUT2D eigenvalue weighted by molar-refractivity contribution is 0.127. The van der Waals surface area contributed by atoms with Crippen molar-refractivity contribution in [3.63, 3.8) is 0 Å². The van der Waals surface area contributed by atoms with Crippen LogP contribution in [0.5, 0.6) is 0 Å². The molecule has 6 heteroatoms. The van der Waals surface area contributed by atoms with Gasteiger partial charge in [0.1, 0.15) is 0 Å². The first-order chi connectivity index (χ1) is 10.9. The molecule has 3 rings (SSSR count). The molecule has 2 aromatic heterocycles. The van der Waals surface area contributed by atoms with Gasteiger partial charge in [0, 0.05) is 19.1 Å². The van der Waals surface area contributed by atoms with Crippen LogP contribution in [0.15, 0.2) is 6.20 Å². The first kappa shape index (κ1) is 16.7. The minimum absolute atomic E-state index is 0.0588. The molecule has 0 N–H and O–H groups in total. The van der Waals surface area contributed by atoms with E-state index in [4.69, 9.17) is 14.8 Å². The number of aromatic nitrogens is 3. The minimum Gasteiger partial charge on any atom is -0.382 e. The van der Waals surface area contributed by atoms with Crippen molar-refractivity contribution in [3.8, 4) is 0 Å². The van der Waals surface area contributed by atoms with E-state index in [0.717, 1.165) is 41.8 Å². The molecule has 0 bridgehead atoms. The second-order valence-corrected chi connectivity index (χ2v) is 8.58. The Hall–Kier alpha value is -1.14. The first-order valence-electron chi connectivity index (χ1n) is 8.53. The van der Waals surface area contributed by atoms with Crippen LogP contribution in [0.4, 0.5) is 5.13 Å². The summed E-state index contributed by atoms with van der Waals surface area (Å²) in [6.07, 6.45) is 6.78. The Kier molecular flexibility index (Phi) is 4.40. The van der Waals surface area contributed by atoms with Gasteiger partial charge in [-0.25, -0.2) is 9.50 Å². The monoisotopic (exact) mass is 336 g/mol. The first-order valence-corrected chi connectivity index (χ1v) is 9.34. The Labute approximate surface area is 142 Å². The molecule has 0 aliphatic carbocycles. The van der Waals surface area contributed by atoms with Crippen LogP contribution in [0.2, 0.25) is 0 Å². The summed E-state index contributed by atoms with van der Waals surface area (Å²) in [5, 5.41) is 5.91. The fraction of sp³-hybridized carbons (Fsp3) is 0.765. The zero-order chi connectivity index (χ0) is 16.7. The second kappa shape index (κ2) is 6.06. The number of hydrogen-bond donors (Lipinski definition) is 0. The number of ether oxygens (including phenoxy) is 1. The summed E-state index contributed by atoms with van der Waals surface area (Å²) in [7, 11) is 1.80. The molecule has 1 atom stereocenters. The van der Waals surface area contributed by atoms with Gasteiger partial charge >= 0.3 is 0 Å². The number of imidazole rings is 1. The standard InChI is InChI=1S/C17H28N4OS/c1-6-8-17(12-22-5)9-7-10-20(17)15-19-21-11-13(16(2,3)4)18-14(21)23-15/h11H,6-10,12H2,1-5H3. The molecule has 0 radical (unpaired) electrons. The van der Waals surface area contributed by atoms with Crippen molar-refractivity contribution in [2.24, 2.45) is 0 Å². The highest BCUT2D eigenvalue weighted by molar-refractivity contribution is 7.20. The number of hydrogen-bond acceptors (Lipinski definition) is 5. The fourth-order valence-electron chi connectivity index (χ4n) is 3.61. The number of nitrogens with zero attached hydrogens (tertiary/aromatic N) is 4. The van der Waals surface area contributed by atoms with Crippen LogP contribution in [-0.2, 0) is 10.2 Å². The Balaban J connectivity index is 1.93. The van der Waals surface area contributed by atoms with E-state index in [1.165, 1.54) is 12.8 Å². The van der Waals surface area contributed by atoms with Gasteiger partial charge in [-0.2, -0.15) is 0 Å². The van der Waals surface area contributed by atoms with Crippen molar-refractivity contribution in [1.82, 2.24) is 14.6 Å². The van der Waals surface area contributed by atoms with E-state index in [0.29, 0.717) is 0 Å². The molecule has 0 amide bonds. The maximum Gasteiger partial charge on any atom is 0.214 e. The van der Waals surface area contributed by atoms with Gasteiger partial charge < -0.3 is 9.64 Å². The molecular weight excluding hydrogens is 308 g/mol.